The first kappa shape index (κ1) is 15.3. The maximum Gasteiger partial charge on any atom is 0.254 e. The average Bonchev–Trinajstić information content (AvgIpc) is 3.28. The minimum Gasteiger partial charge on any atom is -0.331 e. The second kappa shape index (κ2) is 6.36. The van der Waals surface area contributed by atoms with Gasteiger partial charge in [-0.05, 0) is 56.5 Å². The van der Waals surface area contributed by atoms with Gasteiger partial charge in [0.05, 0.1) is 0 Å². The summed E-state index contributed by atoms with van der Waals surface area (Å²) in [5.41, 5.74) is 0.773. The molecule has 2 aliphatic rings. The van der Waals surface area contributed by atoms with Crippen molar-refractivity contribution in [2.75, 3.05) is 13.1 Å². The first-order valence-corrected chi connectivity index (χ1v) is 8.57. The van der Waals surface area contributed by atoms with E-state index in [1.54, 1.807) is 30.6 Å². The molecule has 1 aliphatic heterocycles. The molecule has 6 heteroatoms. The summed E-state index contributed by atoms with van der Waals surface area (Å²) in [7, 11) is 0. The fourth-order valence-corrected chi connectivity index (χ4v) is 3.44. The summed E-state index contributed by atoms with van der Waals surface area (Å²) in [6.07, 6.45) is 7.48. The standard InChI is InChI=1S/C18H21FN4O/c19-16-11-13(4-7-17(16)22-10-2-9-21-22)18(24)23(14-5-6-14)15-3-1-8-20-12-15/h2,4,7,9-11,14-15,20H,1,3,5-6,8,12H2. The van der Waals surface area contributed by atoms with E-state index in [0.29, 0.717) is 17.3 Å². The highest BCUT2D eigenvalue weighted by Gasteiger charge is 2.38. The Kier molecular flexibility index (Phi) is 4.06. The SMILES string of the molecule is O=C(c1ccc(-n2cccn2)c(F)c1)N(C1CC1)C1CCCNC1. The molecule has 1 atom stereocenters. The zero-order valence-electron chi connectivity index (χ0n) is 13.5. The summed E-state index contributed by atoms with van der Waals surface area (Å²) in [6.45, 7) is 1.84. The van der Waals surface area contributed by atoms with Crippen LogP contribution in [0.15, 0.2) is 36.7 Å². The fourth-order valence-electron chi connectivity index (χ4n) is 3.44. The van der Waals surface area contributed by atoms with E-state index >= 15 is 0 Å². The number of nitrogens with zero attached hydrogens (tertiary/aromatic N) is 3. The molecule has 4 rings (SSSR count). The first-order valence-electron chi connectivity index (χ1n) is 8.57. The molecule has 0 bridgehead atoms. The molecule has 5 nitrogen and oxygen atoms in total. The highest BCUT2D eigenvalue weighted by molar-refractivity contribution is 5.95. The Morgan fingerprint density at radius 1 is 1.29 bits per heavy atom. The molecule has 2 heterocycles. The predicted octanol–water partition coefficient (Wildman–Crippen LogP) is 2.37. The van der Waals surface area contributed by atoms with Crippen LogP contribution in [0.25, 0.3) is 5.69 Å². The fraction of sp³-hybridized carbons (Fsp3) is 0.444. The van der Waals surface area contributed by atoms with Crippen molar-refractivity contribution < 1.29 is 9.18 Å². The van der Waals surface area contributed by atoms with Crippen LogP contribution in [0.4, 0.5) is 4.39 Å². The average molecular weight is 328 g/mol. The Bertz CT molecular complexity index is 721. The molecule has 1 amide bonds. The Hall–Kier alpha value is -2.21. The molecule has 1 saturated carbocycles. The minimum absolute atomic E-state index is 0.0582. The largest absolute Gasteiger partial charge is 0.331 e. The summed E-state index contributed by atoms with van der Waals surface area (Å²) in [5.74, 6) is -0.487. The van der Waals surface area contributed by atoms with Crippen molar-refractivity contribution in [3.8, 4) is 5.69 Å². The van der Waals surface area contributed by atoms with Crippen LogP contribution in [0.1, 0.15) is 36.0 Å². The van der Waals surface area contributed by atoms with E-state index < -0.39 is 5.82 Å². The molecule has 0 spiro atoms. The van der Waals surface area contributed by atoms with Crippen molar-refractivity contribution in [3.63, 3.8) is 0 Å². The normalized spacial score (nSPS) is 20.8. The molecule has 1 unspecified atom stereocenters. The summed E-state index contributed by atoms with van der Waals surface area (Å²) >= 11 is 0. The summed E-state index contributed by atoms with van der Waals surface area (Å²) < 4.78 is 15.9. The van der Waals surface area contributed by atoms with E-state index in [1.807, 2.05) is 4.90 Å². The van der Waals surface area contributed by atoms with Gasteiger partial charge in [-0.25, -0.2) is 9.07 Å². The zero-order valence-corrected chi connectivity index (χ0v) is 13.5. The lowest BCUT2D eigenvalue weighted by atomic mass is 10.0. The van der Waals surface area contributed by atoms with Gasteiger partial charge in [-0.2, -0.15) is 5.10 Å². The van der Waals surface area contributed by atoms with Gasteiger partial charge in [-0.15, -0.1) is 0 Å². The highest BCUT2D eigenvalue weighted by atomic mass is 19.1. The number of hydrogen-bond donors (Lipinski definition) is 1. The first-order chi connectivity index (χ1) is 11.7. The number of hydrogen-bond acceptors (Lipinski definition) is 3. The number of aromatic nitrogens is 2. The van der Waals surface area contributed by atoms with Gasteiger partial charge in [0.2, 0.25) is 0 Å². The Morgan fingerprint density at radius 3 is 2.79 bits per heavy atom. The number of carbonyl (C=O) groups excluding carboxylic acids is 1. The van der Waals surface area contributed by atoms with Crippen LogP contribution in [-0.4, -0.2) is 45.8 Å². The van der Waals surface area contributed by atoms with E-state index in [1.165, 1.54) is 10.7 Å². The molecule has 24 heavy (non-hydrogen) atoms. The molecule has 1 saturated heterocycles. The van der Waals surface area contributed by atoms with Crippen molar-refractivity contribution in [1.82, 2.24) is 20.0 Å². The van der Waals surface area contributed by atoms with Gasteiger partial charge in [0.15, 0.2) is 0 Å². The van der Waals surface area contributed by atoms with E-state index in [4.69, 9.17) is 0 Å². The van der Waals surface area contributed by atoms with Gasteiger partial charge in [0.25, 0.3) is 5.91 Å². The van der Waals surface area contributed by atoms with Crippen LogP contribution >= 0.6 is 0 Å². The predicted molar refractivity (Wildman–Crippen MR) is 88.6 cm³/mol. The molecule has 1 aromatic carbocycles. The lowest BCUT2D eigenvalue weighted by Crippen LogP contribution is -2.49. The summed E-state index contributed by atoms with van der Waals surface area (Å²) in [6, 6.07) is 6.94. The van der Waals surface area contributed by atoms with Gasteiger partial charge < -0.3 is 10.2 Å². The van der Waals surface area contributed by atoms with E-state index in [-0.39, 0.29) is 11.9 Å². The number of halogens is 1. The number of amides is 1. The second-order valence-corrected chi connectivity index (χ2v) is 6.56. The van der Waals surface area contributed by atoms with Crippen LogP contribution < -0.4 is 5.32 Å². The Morgan fingerprint density at radius 2 is 2.17 bits per heavy atom. The van der Waals surface area contributed by atoms with E-state index in [2.05, 4.69) is 10.4 Å². The van der Waals surface area contributed by atoms with Crippen LogP contribution in [0.3, 0.4) is 0 Å². The van der Waals surface area contributed by atoms with E-state index in [0.717, 1.165) is 38.8 Å². The molecule has 1 N–H and O–H groups in total. The lowest BCUT2D eigenvalue weighted by Gasteiger charge is -2.35. The van der Waals surface area contributed by atoms with Crippen LogP contribution in [0, 0.1) is 5.82 Å². The van der Waals surface area contributed by atoms with Crippen molar-refractivity contribution in [2.45, 2.75) is 37.8 Å². The Labute approximate surface area is 140 Å². The monoisotopic (exact) mass is 328 g/mol. The minimum atomic E-state index is -0.429. The Balaban J connectivity index is 1.59. The molecule has 1 aromatic heterocycles. The molecule has 2 aromatic rings. The van der Waals surface area contributed by atoms with E-state index in [9.17, 15) is 9.18 Å². The van der Waals surface area contributed by atoms with Crippen LogP contribution in [0.2, 0.25) is 0 Å². The van der Waals surface area contributed by atoms with Gasteiger partial charge in [0, 0.05) is 36.6 Å². The third-order valence-electron chi connectivity index (χ3n) is 4.78. The van der Waals surface area contributed by atoms with Gasteiger partial charge in [0.1, 0.15) is 11.5 Å². The summed E-state index contributed by atoms with van der Waals surface area (Å²) in [4.78, 5) is 15.0. The number of benzene rings is 1. The maximum atomic E-state index is 14.5. The number of rotatable bonds is 4. The molecular weight excluding hydrogens is 307 g/mol. The van der Waals surface area contributed by atoms with Gasteiger partial charge >= 0.3 is 0 Å². The van der Waals surface area contributed by atoms with Crippen LogP contribution in [0.5, 0.6) is 0 Å². The number of nitrogens with one attached hydrogen (secondary N) is 1. The topological polar surface area (TPSA) is 50.2 Å². The van der Waals surface area contributed by atoms with Crippen molar-refractivity contribution in [2.24, 2.45) is 0 Å². The number of piperidine rings is 1. The van der Waals surface area contributed by atoms with Crippen molar-refractivity contribution >= 4 is 5.91 Å². The van der Waals surface area contributed by atoms with Gasteiger partial charge in [-0.1, -0.05) is 0 Å². The molecule has 0 radical (unpaired) electrons. The second-order valence-electron chi connectivity index (χ2n) is 6.56. The van der Waals surface area contributed by atoms with Gasteiger partial charge in [-0.3, -0.25) is 4.79 Å². The quantitative estimate of drug-likeness (QED) is 0.937. The van der Waals surface area contributed by atoms with Crippen molar-refractivity contribution in [1.29, 1.82) is 0 Å². The maximum absolute atomic E-state index is 14.5. The molecule has 126 valence electrons. The zero-order chi connectivity index (χ0) is 16.5. The smallest absolute Gasteiger partial charge is 0.254 e. The third kappa shape index (κ3) is 2.94. The summed E-state index contributed by atoms with van der Waals surface area (Å²) in [5, 5.41) is 7.41. The third-order valence-corrected chi connectivity index (χ3v) is 4.78. The molecule has 1 aliphatic carbocycles. The van der Waals surface area contributed by atoms with Crippen LogP contribution in [-0.2, 0) is 0 Å². The number of carbonyl (C=O) groups is 1. The highest BCUT2D eigenvalue weighted by Crippen LogP contribution is 2.32. The molecule has 2 fully saturated rings. The lowest BCUT2D eigenvalue weighted by molar-refractivity contribution is 0.0629. The molecular formula is C18H21FN4O. The van der Waals surface area contributed by atoms with Crippen molar-refractivity contribution in [3.05, 3.63) is 48.0 Å².